The molecule has 0 fully saturated rings. The number of methoxy groups -OCH3 is 1. The van der Waals surface area contributed by atoms with Gasteiger partial charge in [0, 0.05) is 42.5 Å². The van der Waals surface area contributed by atoms with Crippen molar-refractivity contribution in [3.05, 3.63) is 97.3 Å². The van der Waals surface area contributed by atoms with Gasteiger partial charge in [0.25, 0.3) is 12.0 Å². The van der Waals surface area contributed by atoms with Gasteiger partial charge in [-0.25, -0.2) is 34.9 Å². The summed E-state index contributed by atoms with van der Waals surface area (Å²) in [5.74, 6) is -0.457. The second-order valence-corrected chi connectivity index (χ2v) is 12.3. The summed E-state index contributed by atoms with van der Waals surface area (Å²) in [5.41, 5.74) is 4.48. The molecule has 2 N–H and O–H groups in total. The van der Waals surface area contributed by atoms with Crippen molar-refractivity contribution in [2.75, 3.05) is 19.0 Å². The molecule has 3 aromatic heterocycles. The molecule has 265 valence electrons. The molecule has 1 aliphatic carbocycles. The van der Waals surface area contributed by atoms with E-state index in [2.05, 4.69) is 20.6 Å². The van der Waals surface area contributed by atoms with Gasteiger partial charge in [0.1, 0.15) is 11.2 Å². The van der Waals surface area contributed by atoms with E-state index in [4.69, 9.17) is 21.3 Å². The number of aromatic nitrogens is 5. The number of carbonyl (C=O) groups excluding carboxylic acids is 1. The standard InChI is InChI=1S/C36H34ClF2N7O4.Mn/c1-19-21(10-9-13-24(19)41-31-28-33(44-32(43-31)30(38)39)45(2)36(49)46(3)35(28)48)22-11-8-12-23(29(22)37)26-18-20-14-15-25(27(20)34(42-26)50-4)40-16-6-5-7-17-47;/h6,8-13,18,25,30,40H,5,7,14-16H2,1-4H3,(H,41,43,44);/q-2;+2. The zero-order valence-electron chi connectivity index (χ0n) is 28.2. The summed E-state index contributed by atoms with van der Waals surface area (Å²) < 4.78 is 35.4. The summed E-state index contributed by atoms with van der Waals surface area (Å²) in [5, 5.41) is 6.93. The van der Waals surface area contributed by atoms with Crippen LogP contribution in [0.4, 0.5) is 20.3 Å². The van der Waals surface area contributed by atoms with Crippen molar-refractivity contribution in [3.63, 3.8) is 0 Å². The predicted molar refractivity (Wildman–Crippen MR) is 188 cm³/mol. The van der Waals surface area contributed by atoms with Crippen LogP contribution in [0.15, 0.2) is 52.1 Å². The van der Waals surface area contributed by atoms with Crippen LogP contribution < -0.4 is 26.6 Å². The van der Waals surface area contributed by atoms with Crippen LogP contribution in [0, 0.1) is 13.3 Å². The van der Waals surface area contributed by atoms with E-state index in [9.17, 15) is 23.2 Å². The van der Waals surface area contributed by atoms with Gasteiger partial charge < -0.3 is 26.6 Å². The van der Waals surface area contributed by atoms with E-state index in [1.807, 2.05) is 50.0 Å². The first kappa shape index (κ1) is 37.8. The van der Waals surface area contributed by atoms with E-state index in [0.29, 0.717) is 58.4 Å². The molecule has 1 unspecified atom stereocenters. The fourth-order valence-corrected chi connectivity index (χ4v) is 6.71. The van der Waals surface area contributed by atoms with Crippen LogP contribution >= 0.6 is 11.6 Å². The summed E-state index contributed by atoms with van der Waals surface area (Å²) in [7, 11) is 4.25. The molecule has 3 heterocycles. The minimum Gasteiger partial charge on any atom is -0.542 e. The molecule has 0 bridgehead atoms. The van der Waals surface area contributed by atoms with Crippen LogP contribution in [-0.2, 0) is 42.4 Å². The summed E-state index contributed by atoms with van der Waals surface area (Å²) >= 11 is 7.13. The quantitative estimate of drug-likeness (QED) is 0.0884. The van der Waals surface area contributed by atoms with Gasteiger partial charge in [-0.05, 0) is 48.6 Å². The molecule has 51 heavy (non-hydrogen) atoms. The number of rotatable bonds is 12. The topological polar surface area (TPSA) is 133 Å². The van der Waals surface area contributed by atoms with Crippen molar-refractivity contribution in [2.24, 2.45) is 14.1 Å². The fraction of sp³-hybridized carbons (Fsp3) is 0.306. The predicted octanol–water partition coefficient (Wildman–Crippen LogP) is 6.08. The maximum absolute atomic E-state index is 13.9. The number of unbranched alkanes of at least 4 members (excludes halogenated alkanes) is 2. The van der Waals surface area contributed by atoms with Crippen LogP contribution in [-0.4, -0.2) is 44.0 Å². The maximum Gasteiger partial charge on any atom is 2.00 e. The number of hydrogen-bond acceptors (Lipinski definition) is 9. The number of fused-ring (bicyclic) bond motifs is 2. The second-order valence-electron chi connectivity index (χ2n) is 12.0. The molecule has 1 atom stereocenters. The Balaban J connectivity index is 0.00000504. The Morgan fingerprint density at radius 3 is 2.53 bits per heavy atom. The first-order valence-corrected chi connectivity index (χ1v) is 16.3. The maximum atomic E-state index is 13.9. The molecule has 2 aromatic carbocycles. The zero-order valence-corrected chi connectivity index (χ0v) is 30.1. The van der Waals surface area contributed by atoms with E-state index in [0.717, 1.165) is 38.7 Å². The van der Waals surface area contributed by atoms with Crippen molar-refractivity contribution in [3.8, 4) is 28.3 Å². The molecule has 0 saturated carbocycles. The number of nitrogens with one attached hydrogen (secondary N) is 2. The molecule has 0 amide bonds. The van der Waals surface area contributed by atoms with Gasteiger partial charge >= 0.3 is 22.8 Å². The average Bonchev–Trinajstić information content (AvgIpc) is 3.53. The minimum atomic E-state index is -3.04. The van der Waals surface area contributed by atoms with Crippen molar-refractivity contribution < 1.29 is 35.4 Å². The van der Waals surface area contributed by atoms with Crippen molar-refractivity contribution in [1.82, 2.24) is 29.4 Å². The summed E-state index contributed by atoms with van der Waals surface area (Å²) in [6.45, 7) is 2.49. The van der Waals surface area contributed by atoms with E-state index in [1.165, 1.54) is 14.1 Å². The molecule has 0 saturated heterocycles. The van der Waals surface area contributed by atoms with Crippen molar-refractivity contribution in [2.45, 2.75) is 45.1 Å². The van der Waals surface area contributed by atoms with Gasteiger partial charge in [-0.1, -0.05) is 41.9 Å². The van der Waals surface area contributed by atoms with Gasteiger partial charge in [0.05, 0.1) is 17.8 Å². The Hall–Kier alpha value is -4.49. The molecule has 0 spiro atoms. The van der Waals surface area contributed by atoms with Crippen molar-refractivity contribution >= 4 is 40.4 Å². The van der Waals surface area contributed by atoms with E-state index in [-0.39, 0.29) is 40.0 Å². The fourth-order valence-electron chi connectivity index (χ4n) is 6.38. The number of anilines is 2. The molecule has 1 aliphatic rings. The molecular weight excluding hydrogens is 723 g/mol. The molecule has 6 rings (SSSR count). The van der Waals surface area contributed by atoms with Crippen LogP contribution in [0.1, 0.15) is 54.2 Å². The molecular formula is C36H34ClF2MnN7O4. The van der Waals surface area contributed by atoms with Crippen LogP contribution in [0.3, 0.4) is 0 Å². The van der Waals surface area contributed by atoms with Gasteiger partial charge in [-0.2, -0.15) is 6.42 Å². The third-order valence-electron chi connectivity index (χ3n) is 8.98. The Kier molecular flexibility index (Phi) is 11.7. The normalized spacial score (nSPS) is 13.7. The van der Waals surface area contributed by atoms with E-state index < -0.39 is 23.5 Å². The number of aryl methyl sites for hydroxylation is 2. The van der Waals surface area contributed by atoms with Gasteiger partial charge in [0.15, 0.2) is 11.5 Å². The summed E-state index contributed by atoms with van der Waals surface area (Å²) in [6.07, 6.45) is 3.63. The Bertz CT molecular complexity index is 2250. The third-order valence-corrected chi connectivity index (χ3v) is 9.38. The summed E-state index contributed by atoms with van der Waals surface area (Å²) in [4.78, 5) is 49.0. The number of hydrogen-bond donors (Lipinski definition) is 2. The van der Waals surface area contributed by atoms with Gasteiger partial charge in [0.2, 0.25) is 5.88 Å². The number of pyridine rings is 1. The van der Waals surface area contributed by atoms with Crippen LogP contribution in [0.5, 0.6) is 5.88 Å². The number of nitrogens with zero attached hydrogens (tertiary/aromatic N) is 5. The number of ether oxygens (including phenoxy) is 1. The van der Waals surface area contributed by atoms with Crippen LogP contribution in [0.25, 0.3) is 33.4 Å². The zero-order chi connectivity index (χ0) is 35.7. The number of halogens is 3. The Labute approximate surface area is 307 Å². The SMILES string of the molecule is COc1nc(-c2cccc(-c3cccc(Nc4nc(C(F)F)nc5c4c(=O)n(C)c(=O)n5C)c3C)c2Cl)cc2c1C(NC[CH-]CC[C-]=O)CC2.[Mn+2]. The largest absolute Gasteiger partial charge is 2.00 e. The molecule has 0 aliphatic heterocycles. The van der Waals surface area contributed by atoms with Gasteiger partial charge in [-0.3, -0.25) is 20.2 Å². The monoisotopic (exact) mass is 756 g/mol. The first-order valence-electron chi connectivity index (χ1n) is 15.9. The molecule has 11 nitrogen and oxygen atoms in total. The second kappa shape index (κ2) is 15.8. The third kappa shape index (κ3) is 7.18. The number of benzene rings is 2. The Morgan fingerprint density at radius 1 is 1.08 bits per heavy atom. The van der Waals surface area contributed by atoms with E-state index >= 15 is 0 Å². The molecule has 15 heteroatoms. The first-order chi connectivity index (χ1) is 24.0. The van der Waals surface area contributed by atoms with Crippen molar-refractivity contribution in [1.29, 1.82) is 0 Å². The van der Waals surface area contributed by atoms with Crippen LogP contribution in [0.2, 0.25) is 5.02 Å². The number of alkyl halides is 2. The van der Waals surface area contributed by atoms with Gasteiger partial charge in [-0.15, -0.1) is 6.54 Å². The van der Waals surface area contributed by atoms with E-state index in [1.54, 1.807) is 19.2 Å². The molecule has 5 aromatic rings. The molecule has 1 radical (unpaired) electrons. The average molecular weight is 757 g/mol. The summed E-state index contributed by atoms with van der Waals surface area (Å²) in [6, 6.07) is 13.1. The smallest absolute Gasteiger partial charge is 0.542 e. The Morgan fingerprint density at radius 2 is 1.80 bits per heavy atom. The minimum absolute atomic E-state index is 0.